The highest BCUT2D eigenvalue weighted by atomic mass is 127. The fourth-order valence-electron chi connectivity index (χ4n) is 1.93. The maximum absolute atomic E-state index is 12.1. The molecule has 0 unspecified atom stereocenters. The molecular formula is C12H16ClIN2O. The van der Waals surface area contributed by atoms with Crippen LogP contribution in [0, 0.1) is 3.57 Å². The lowest BCUT2D eigenvalue weighted by Crippen LogP contribution is -2.38. The Labute approximate surface area is 122 Å². The summed E-state index contributed by atoms with van der Waals surface area (Å²) in [6.07, 6.45) is 1.05. The summed E-state index contributed by atoms with van der Waals surface area (Å²) in [6, 6.07) is 8.06. The third kappa shape index (κ3) is 3.56. The second-order valence-electron chi connectivity index (χ2n) is 4.07. The molecule has 3 nitrogen and oxygen atoms in total. The van der Waals surface area contributed by atoms with Gasteiger partial charge in [-0.25, -0.2) is 0 Å². The van der Waals surface area contributed by atoms with Gasteiger partial charge in [-0.3, -0.25) is 4.79 Å². The van der Waals surface area contributed by atoms with E-state index in [0.29, 0.717) is 6.04 Å². The van der Waals surface area contributed by atoms with Gasteiger partial charge in [0.2, 0.25) is 0 Å². The van der Waals surface area contributed by atoms with Crippen molar-refractivity contribution in [3.05, 3.63) is 33.4 Å². The number of carbonyl (C=O) groups is 1. The number of nitrogens with one attached hydrogen (secondary N) is 1. The van der Waals surface area contributed by atoms with E-state index in [9.17, 15) is 4.79 Å². The number of likely N-dealkylation sites (N-methyl/N-ethyl adjacent to an activating group) is 1. The Morgan fingerprint density at radius 2 is 2.06 bits per heavy atom. The summed E-state index contributed by atoms with van der Waals surface area (Å²) in [6.45, 7) is 1.92. The van der Waals surface area contributed by atoms with Crippen LogP contribution in [0.5, 0.6) is 0 Å². The van der Waals surface area contributed by atoms with Crippen molar-refractivity contribution in [2.24, 2.45) is 0 Å². The second-order valence-corrected chi connectivity index (χ2v) is 5.32. The number of nitrogens with zero attached hydrogens (tertiary/aromatic N) is 1. The van der Waals surface area contributed by atoms with Crippen molar-refractivity contribution in [3.8, 4) is 0 Å². The van der Waals surface area contributed by atoms with Crippen LogP contribution in [0.15, 0.2) is 24.3 Å². The summed E-state index contributed by atoms with van der Waals surface area (Å²) >= 11 is 2.24. The van der Waals surface area contributed by atoms with Crippen LogP contribution in [0.25, 0.3) is 0 Å². The molecule has 17 heavy (non-hydrogen) atoms. The average molecular weight is 367 g/mol. The highest BCUT2D eigenvalue weighted by Gasteiger charge is 2.23. The van der Waals surface area contributed by atoms with Gasteiger partial charge in [-0.05, 0) is 59.8 Å². The highest BCUT2D eigenvalue weighted by molar-refractivity contribution is 14.1. The molecule has 1 atom stereocenters. The first-order valence-corrected chi connectivity index (χ1v) is 6.50. The molecule has 1 aromatic rings. The minimum absolute atomic E-state index is 0. The van der Waals surface area contributed by atoms with Crippen LogP contribution < -0.4 is 5.32 Å². The molecule has 1 fully saturated rings. The summed E-state index contributed by atoms with van der Waals surface area (Å²) in [5.41, 5.74) is 0.773. The number of amides is 1. The van der Waals surface area contributed by atoms with Crippen molar-refractivity contribution in [3.63, 3.8) is 0 Å². The van der Waals surface area contributed by atoms with E-state index in [2.05, 4.69) is 27.9 Å². The predicted octanol–water partition coefficient (Wildman–Crippen LogP) is 2.15. The first-order chi connectivity index (χ1) is 7.68. The number of rotatable bonds is 2. The maximum atomic E-state index is 12.1. The van der Waals surface area contributed by atoms with E-state index in [1.807, 2.05) is 36.2 Å². The molecule has 1 aliphatic heterocycles. The molecule has 0 aliphatic carbocycles. The molecule has 94 valence electrons. The minimum atomic E-state index is 0. The summed E-state index contributed by atoms with van der Waals surface area (Å²) in [5, 5.41) is 3.27. The SMILES string of the molecule is CN(C(=O)c1ccc(I)cc1)[C@H]1CCNC1.Cl. The monoisotopic (exact) mass is 366 g/mol. The van der Waals surface area contributed by atoms with Crippen molar-refractivity contribution < 1.29 is 4.79 Å². The second kappa shape index (κ2) is 6.56. The molecule has 0 spiro atoms. The van der Waals surface area contributed by atoms with Gasteiger partial charge in [-0.2, -0.15) is 0 Å². The van der Waals surface area contributed by atoms with Crippen molar-refractivity contribution in [1.29, 1.82) is 0 Å². The van der Waals surface area contributed by atoms with Gasteiger partial charge >= 0.3 is 0 Å². The molecule has 1 aromatic carbocycles. The third-order valence-electron chi connectivity index (χ3n) is 2.99. The standard InChI is InChI=1S/C12H15IN2O.ClH/c1-15(11-6-7-14-8-11)12(16)9-2-4-10(13)5-3-9;/h2-5,11,14H,6-8H2,1H3;1H/t11-;/m0./s1. The first-order valence-electron chi connectivity index (χ1n) is 5.42. The van der Waals surface area contributed by atoms with Crippen molar-refractivity contribution in [2.45, 2.75) is 12.5 Å². The zero-order valence-corrected chi connectivity index (χ0v) is 12.6. The Morgan fingerprint density at radius 1 is 1.41 bits per heavy atom. The molecule has 5 heteroatoms. The average Bonchev–Trinajstić information content (AvgIpc) is 2.81. The maximum Gasteiger partial charge on any atom is 0.253 e. The van der Waals surface area contributed by atoms with E-state index in [1.54, 1.807) is 0 Å². The van der Waals surface area contributed by atoms with Crippen LogP contribution in [0.1, 0.15) is 16.8 Å². The van der Waals surface area contributed by atoms with E-state index in [1.165, 1.54) is 0 Å². The Morgan fingerprint density at radius 3 is 2.59 bits per heavy atom. The Kier molecular flexibility index (Phi) is 5.69. The molecule has 0 aromatic heterocycles. The molecule has 1 heterocycles. The zero-order valence-electron chi connectivity index (χ0n) is 9.65. The summed E-state index contributed by atoms with van der Waals surface area (Å²) < 4.78 is 1.15. The van der Waals surface area contributed by atoms with Gasteiger partial charge in [0.1, 0.15) is 0 Å². The normalized spacial score (nSPS) is 18.6. The first kappa shape index (κ1) is 14.7. The zero-order chi connectivity index (χ0) is 11.5. The number of carbonyl (C=O) groups excluding carboxylic acids is 1. The van der Waals surface area contributed by atoms with Gasteiger partial charge in [0.25, 0.3) is 5.91 Å². The van der Waals surface area contributed by atoms with E-state index in [-0.39, 0.29) is 18.3 Å². The molecule has 0 bridgehead atoms. The smallest absolute Gasteiger partial charge is 0.253 e. The number of hydrogen-bond donors (Lipinski definition) is 1. The lowest BCUT2D eigenvalue weighted by atomic mass is 10.1. The van der Waals surface area contributed by atoms with Crippen molar-refractivity contribution in [2.75, 3.05) is 20.1 Å². The van der Waals surface area contributed by atoms with Gasteiger partial charge < -0.3 is 10.2 Å². The number of halogens is 2. The Hall–Kier alpha value is -0.330. The lowest BCUT2D eigenvalue weighted by molar-refractivity contribution is 0.0744. The van der Waals surface area contributed by atoms with Crippen LogP contribution in [-0.4, -0.2) is 37.0 Å². The van der Waals surface area contributed by atoms with Gasteiger partial charge in [-0.1, -0.05) is 0 Å². The van der Waals surface area contributed by atoms with E-state index >= 15 is 0 Å². The topological polar surface area (TPSA) is 32.3 Å². The Balaban J connectivity index is 0.00000144. The number of hydrogen-bond acceptors (Lipinski definition) is 2. The molecule has 1 N–H and O–H groups in total. The quantitative estimate of drug-likeness (QED) is 0.814. The van der Waals surface area contributed by atoms with Crippen LogP contribution in [0.3, 0.4) is 0 Å². The van der Waals surface area contributed by atoms with Crippen molar-refractivity contribution in [1.82, 2.24) is 10.2 Å². The lowest BCUT2D eigenvalue weighted by Gasteiger charge is -2.23. The van der Waals surface area contributed by atoms with E-state index in [4.69, 9.17) is 0 Å². The van der Waals surface area contributed by atoms with Crippen LogP contribution in [0.2, 0.25) is 0 Å². The van der Waals surface area contributed by atoms with Gasteiger partial charge in [0.05, 0.1) is 0 Å². The van der Waals surface area contributed by atoms with Gasteiger partial charge in [0.15, 0.2) is 0 Å². The fraction of sp³-hybridized carbons (Fsp3) is 0.417. The molecular weight excluding hydrogens is 351 g/mol. The highest BCUT2D eigenvalue weighted by Crippen LogP contribution is 2.13. The van der Waals surface area contributed by atoms with E-state index < -0.39 is 0 Å². The number of benzene rings is 1. The van der Waals surface area contributed by atoms with Gasteiger partial charge in [-0.15, -0.1) is 12.4 Å². The van der Waals surface area contributed by atoms with Crippen LogP contribution in [-0.2, 0) is 0 Å². The molecule has 0 saturated carbocycles. The fourth-order valence-corrected chi connectivity index (χ4v) is 2.29. The Bertz CT molecular complexity index is 377. The summed E-state index contributed by atoms with van der Waals surface area (Å²) in [5.74, 6) is 0.116. The molecule has 1 aliphatic rings. The molecule has 2 rings (SSSR count). The van der Waals surface area contributed by atoms with Crippen LogP contribution in [0.4, 0.5) is 0 Å². The van der Waals surface area contributed by atoms with Gasteiger partial charge in [0, 0.05) is 28.8 Å². The van der Waals surface area contributed by atoms with Crippen LogP contribution >= 0.6 is 35.0 Å². The van der Waals surface area contributed by atoms with E-state index in [0.717, 1.165) is 28.6 Å². The minimum Gasteiger partial charge on any atom is -0.337 e. The molecule has 1 saturated heterocycles. The third-order valence-corrected chi connectivity index (χ3v) is 3.71. The summed E-state index contributed by atoms with van der Waals surface area (Å²) in [7, 11) is 1.89. The molecule has 1 amide bonds. The molecule has 0 radical (unpaired) electrons. The largest absolute Gasteiger partial charge is 0.337 e. The van der Waals surface area contributed by atoms with Crippen molar-refractivity contribution >= 4 is 40.9 Å². The summed E-state index contributed by atoms with van der Waals surface area (Å²) in [4.78, 5) is 14.0. The predicted molar refractivity (Wildman–Crippen MR) is 79.8 cm³/mol.